The van der Waals surface area contributed by atoms with Gasteiger partial charge in [-0.2, -0.15) is 4.31 Å². The van der Waals surface area contributed by atoms with Crippen LogP contribution >= 0.6 is 11.3 Å². The van der Waals surface area contributed by atoms with Crippen molar-refractivity contribution in [1.82, 2.24) is 19.3 Å². The number of amides is 1. The molecule has 1 aromatic carbocycles. The van der Waals surface area contributed by atoms with Crippen LogP contribution < -0.4 is 5.32 Å². The van der Waals surface area contributed by atoms with Gasteiger partial charge in [0.2, 0.25) is 10.0 Å². The van der Waals surface area contributed by atoms with Crippen LogP contribution in [0.2, 0.25) is 0 Å². The van der Waals surface area contributed by atoms with Crippen molar-refractivity contribution < 1.29 is 13.2 Å². The molecule has 0 unspecified atom stereocenters. The SMILES string of the molecule is O=C(Nc1cccc(S(=O)(=O)N2CCC(c3ncc[nH]3)CC2)c1)c1cncs1. The third kappa shape index (κ3) is 3.84. The number of sulfonamides is 1. The summed E-state index contributed by atoms with van der Waals surface area (Å²) in [7, 11) is -3.62. The molecule has 28 heavy (non-hydrogen) atoms. The molecule has 0 spiro atoms. The number of thiazole rings is 1. The van der Waals surface area contributed by atoms with Crippen molar-refractivity contribution in [1.29, 1.82) is 0 Å². The molecule has 4 rings (SSSR count). The van der Waals surface area contributed by atoms with Crippen LogP contribution in [-0.2, 0) is 10.0 Å². The van der Waals surface area contributed by atoms with Crippen LogP contribution in [0.25, 0.3) is 0 Å². The molecule has 8 nitrogen and oxygen atoms in total. The minimum atomic E-state index is -3.62. The smallest absolute Gasteiger partial charge is 0.267 e. The van der Waals surface area contributed by atoms with Gasteiger partial charge in [-0.05, 0) is 31.0 Å². The number of imidazole rings is 1. The third-order valence-electron chi connectivity index (χ3n) is 4.75. The Morgan fingerprint density at radius 1 is 1.29 bits per heavy atom. The van der Waals surface area contributed by atoms with E-state index in [0.717, 1.165) is 5.82 Å². The van der Waals surface area contributed by atoms with Gasteiger partial charge in [-0.25, -0.2) is 13.4 Å². The Hall–Kier alpha value is -2.56. The molecule has 1 aliphatic heterocycles. The highest BCUT2D eigenvalue weighted by Crippen LogP contribution is 2.29. The molecule has 0 saturated carbocycles. The number of anilines is 1. The lowest BCUT2D eigenvalue weighted by Crippen LogP contribution is -2.38. The standard InChI is InChI=1S/C18H19N5O3S2/c24-18(16-11-19-12-27-16)22-14-2-1-3-15(10-14)28(25,26)23-8-4-13(5-9-23)17-20-6-7-21-17/h1-3,6-7,10-13H,4-5,8-9H2,(H,20,21)(H,22,24). The van der Waals surface area contributed by atoms with E-state index in [1.807, 2.05) is 0 Å². The summed E-state index contributed by atoms with van der Waals surface area (Å²) in [4.78, 5) is 24.1. The summed E-state index contributed by atoms with van der Waals surface area (Å²) in [6, 6.07) is 6.34. The van der Waals surface area contributed by atoms with Crippen molar-refractivity contribution in [2.75, 3.05) is 18.4 Å². The van der Waals surface area contributed by atoms with Crippen molar-refractivity contribution >= 4 is 33.0 Å². The molecule has 1 fully saturated rings. The Morgan fingerprint density at radius 2 is 2.11 bits per heavy atom. The number of carbonyl (C=O) groups excluding carboxylic acids is 1. The van der Waals surface area contributed by atoms with Gasteiger partial charge in [0.15, 0.2) is 0 Å². The lowest BCUT2D eigenvalue weighted by Gasteiger charge is -2.30. The van der Waals surface area contributed by atoms with Crippen LogP contribution in [-0.4, -0.2) is 46.7 Å². The number of benzene rings is 1. The first-order valence-electron chi connectivity index (χ1n) is 8.83. The van der Waals surface area contributed by atoms with E-state index in [1.54, 1.807) is 36.1 Å². The molecule has 3 aromatic rings. The number of aromatic amines is 1. The Balaban J connectivity index is 1.46. The van der Waals surface area contributed by atoms with Gasteiger partial charge >= 0.3 is 0 Å². The van der Waals surface area contributed by atoms with Gasteiger partial charge in [-0.1, -0.05) is 6.07 Å². The first-order chi connectivity index (χ1) is 13.5. The molecule has 1 aliphatic rings. The van der Waals surface area contributed by atoms with E-state index in [4.69, 9.17) is 0 Å². The number of aromatic nitrogens is 3. The van der Waals surface area contributed by atoms with Crippen molar-refractivity contribution in [2.24, 2.45) is 0 Å². The van der Waals surface area contributed by atoms with Gasteiger partial charge in [0.05, 0.1) is 16.6 Å². The molecular formula is C18H19N5O3S2. The highest BCUT2D eigenvalue weighted by atomic mass is 32.2. The van der Waals surface area contributed by atoms with Crippen molar-refractivity contribution in [3.05, 3.63) is 59.1 Å². The van der Waals surface area contributed by atoms with Crippen molar-refractivity contribution in [3.8, 4) is 0 Å². The van der Waals surface area contributed by atoms with Crippen LogP contribution in [0.5, 0.6) is 0 Å². The second-order valence-electron chi connectivity index (χ2n) is 6.50. The van der Waals surface area contributed by atoms with Gasteiger partial charge in [0.1, 0.15) is 10.7 Å². The van der Waals surface area contributed by atoms with Crippen LogP contribution in [0.3, 0.4) is 0 Å². The van der Waals surface area contributed by atoms with Crippen LogP contribution in [0.4, 0.5) is 5.69 Å². The average Bonchev–Trinajstić information content (AvgIpc) is 3.42. The molecule has 0 bridgehead atoms. The third-order valence-corrected chi connectivity index (χ3v) is 7.41. The zero-order chi connectivity index (χ0) is 19.6. The Kier molecular flexibility index (Phi) is 5.25. The van der Waals surface area contributed by atoms with Gasteiger partial charge in [-0.15, -0.1) is 11.3 Å². The monoisotopic (exact) mass is 417 g/mol. The topological polar surface area (TPSA) is 108 Å². The molecule has 2 aromatic heterocycles. The maximum atomic E-state index is 13.0. The summed E-state index contributed by atoms with van der Waals surface area (Å²) in [5, 5.41) is 2.72. The summed E-state index contributed by atoms with van der Waals surface area (Å²) < 4.78 is 27.6. The molecule has 0 atom stereocenters. The Bertz CT molecular complexity index is 1040. The fourth-order valence-electron chi connectivity index (χ4n) is 3.27. The van der Waals surface area contributed by atoms with E-state index in [0.29, 0.717) is 36.5 Å². The average molecular weight is 418 g/mol. The fourth-order valence-corrected chi connectivity index (χ4v) is 5.31. The first-order valence-corrected chi connectivity index (χ1v) is 11.2. The van der Waals surface area contributed by atoms with E-state index < -0.39 is 10.0 Å². The van der Waals surface area contributed by atoms with Gasteiger partial charge in [0.25, 0.3) is 5.91 Å². The zero-order valence-electron chi connectivity index (χ0n) is 14.9. The van der Waals surface area contributed by atoms with Crippen LogP contribution in [0.15, 0.2) is 53.3 Å². The molecule has 1 saturated heterocycles. The molecule has 3 heterocycles. The number of rotatable bonds is 5. The highest BCUT2D eigenvalue weighted by Gasteiger charge is 2.31. The van der Waals surface area contributed by atoms with E-state index in [-0.39, 0.29) is 16.7 Å². The molecule has 146 valence electrons. The van der Waals surface area contributed by atoms with Crippen LogP contribution in [0, 0.1) is 0 Å². The molecule has 0 radical (unpaired) electrons. The lowest BCUT2D eigenvalue weighted by molar-refractivity contribution is 0.103. The second kappa shape index (κ2) is 7.82. The molecule has 10 heteroatoms. The summed E-state index contributed by atoms with van der Waals surface area (Å²) >= 11 is 1.22. The number of piperidine rings is 1. The number of nitrogens with one attached hydrogen (secondary N) is 2. The number of nitrogens with zero attached hydrogens (tertiary/aromatic N) is 3. The van der Waals surface area contributed by atoms with E-state index >= 15 is 0 Å². The predicted molar refractivity (Wildman–Crippen MR) is 106 cm³/mol. The van der Waals surface area contributed by atoms with Gasteiger partial charge in [0, 0.05) is 37.1 Å². The number of hydrogen-bond donors (Lipinski definition) is 2. The largest absolute Gasteiger partial charge is 0.348 e. The van der Waals surface area contributed by atoms with Gasteiger partial charge in [-0.3, -0.25) is 9.78 Å². The summed E-state index contributed by atoms with van der Waals surface area (Å²) in [6.45, 7) is 0.871. The number of carbonyl (C=O) groups is 1. The maximum absolute atomic E-state index is 13.0. The highest BCUT2D eigenvalue weighted by molar-refractivity contribution is 7.89. The van der Waals surface area contributed by atoms with Crippen molar-refractivity contribution in [2.45, 2.75) is 23.7 Å². The van der Waals surface area contributed by atoms with E-state index in [9.17, 15) is 13.2 Å². The number of H-pyrrole nitrogens is 1. The quantitative estimate of drug-likeness (QED) is 0.664. The minimum Gasteiger partial charge on any atom is -0.348 e. The molecular weight excluding hydrogens is 398 g/mol. The second-order valence-corrected chi connectivity index (χ2v) is 9.32. The maximum Gasteiger partial charge on any atom is 0.267 e. The summed E-state index contributed by atoms with van der Waals surface area (Å²) in [6.07, 6.45) is 6.40. The Labute approximate surface area is 166 Å². The molecule has 0 aliphatic carbocycles. The van der Waals surface area contributed by atoms with Crippen molar-refractivity contribution in [3.63, 3.8) is 0 Å². The zero-order valence-corrected chi connectivity index (χ0v) is 16.5. The first kappa shape index (κ1) is 18.8. The number of hydrogen-bond acceptors (Lipinski definition) is 6. The fraction of sp³-hybridized carbons (Fsp3) is 0.278. The summed E-state index contributed by atoms with van der Waals surface area (Å²) in [5.74, 6) is 0.840. The normalized spacial score (nSPS) is 16.1. The molecule has 2 N–H and O–H groups in total. The van der Waals surface area contributed by atoms with Gasteiger partial charge < -0.3 is 10.3 Å². The van der Waals surface area contributed by atoms with E-state index in [2.05, 4.69) is 20.3 Å². The van der Waals surface area contributed by atoms with Crippen LogP contribution in [0.1, 0.15) is 34.3 Å². The molecule has 1 amide bonds. The Morgan fingerprint density at radius 3 is 2.79 bits per heavy atom. The summed E-state index contributed by atoms with van der Waals surface area (Å²) in [5.41, 5.74) is 2.01. The lowest BCUT2D eigenvalue weighted by atomic mass is 9.98. The minimum absolute atomic E-state index is 0.172. The van der Waals surface area contributed by atoms with E-state index in [1.165, 1.54) is 27.9 Å². The predicted octanol–water partition coefficient (Wildman–Crippen LogP) is 2.69.